The van der Waals surface area contributed by atoms with Crippen molar-refractivity contribution in [2.75, 3.05) is 18.4 Å². The molecule has 0 unspecified atom stereocenters. The van der Waals surface area contributed by atoms with Gasteiger partial charge in [-0.3, -0.25) is 0 Å². The summed E-state index contributed by atoms with van der Waals surface area (Å²) in [6.45, 7) is 1.34. The zero-order chi connectivity index (χ0) is 13.0. The van der Waals surface area contributed by atoms with Crippen molar-refractivity contribution in [3.63, 3.8) is 0 Å². The molecule has 0 spiro atoms. The maximum absolute atomic E-state index is 13.4. The van der Waals surface area contributed by atoms with Gasteiger partial charge in [-0.15, -0.1) is 0 Å². The van der Waals surface area contributed by atoms with Crippen molar-refractivity contribution >= 4 is 11.7 Å². The van der Waals surface area contributed by atoms with Crippen molar-refractivity contribution in [3.05, 3.63) is 29.8 Å². The summed E-state index contributed by atoms with van der Waals surface area (Å²) in [6, 6.07) is 3.39. The molecule has 2 amide bonds. The van der Waals surface area contributed by atoms with Crippen LogP contribution in [-0.2, 0) is 0 Å². The second-order valence-corrected chi connectivity index (χ2v) is 4.43. The van der Waals surface area contributed by atoms with E-state index in [0.717, 1.165) is 31.7 Å². The first-order chi connectivity index (χ1) is 8.68. The normalized spacial score (nSPS) is 16.2. The lowest BCUT2D eigenvalue weighted by molar-refractivity contribution is 0.213. The van der Waals surface area contributed by atoms with Crippen molar-refractivity contribution in [2.45, 2.75) is 25.7 Å². The van der Waals surface area contributed by atoms with Crippen molar-refractivity contribution < 1.29 is 13.6 Å². The Balaban J connectivity index is 2.03. The molecule has 2 rings (SSSR count). The van der Waals surface area contributed by atoms with Crippen LogP contribution in [0.15, 0.2) is 18.2 Å². The Kier molecular flexibility index (Phi) is 4.12. The summed E-state index contributed by atoms with van der Waals surface area (Å²) in [6.07, 6.45) is 4.13. The van der Waals surface area contributed by atoms with E-state index in [2.05, 4.69) is 5.32 Å². The van der Waals surface area contributed by atoms with Crippen LogP contribution in [0.1, 0.15) is 25.7 Å². The Morgan fingerprint density at radius 2 is 1.78 bits per heavy atom. The number of hydrogen-bond donors (Lipinski definition) is 1. The summed E-state index contributed by atoms with van der Waals surface area (Å²) in [5.41, 5.74) is -0.107. The largest absolute Gasteiger partial charge is 0.325 e. The van der Waals surface area contributed by atoms with Crippen LogP contribution in [0, 0.1) is 11.6 Å². The summed E-state index contributed by atoms with van der Waals surface area (Å²) in [5.74, 6) is -1.97. The van der Waals surface area contributed by atoms with Crippen molar-refractivity contribution in [2.24, 2.45) is 0 Å². The predicted molar refractivity (Wildman–Crippen MR) is 65.4 cm³/mol. The molecule has 0 aliphatic carbocycles. The number of rotatable bonds is 1. The number of nitrogens with zero attached hydrogens (tertiary/aromatic N) is 1. The first kappa shape index (κ1) is 12.8. The Bertz CT molecular complexity index is 429. The average molecular weight is 254 g/mol. The molecule has 1 aliphatic rings. The van der Waals surface area contributed by atoms with E-state index in [1.54, 1.807) is 4.90 Å². The fraction of sp³-hybridized carbons (Fsp3) is 0.462. The molecule has 18 heavy (non-hydrogen) atoms. The number of nitrogens with one attached hydrogen (secondary N) is 1. The Morgan fingerprint density at radius 1 is 1.11 bits per heavy atom. The summed E-state index contributed by atoms with van der Waals surface area (Å²) in [4.78, 5) is 13.6. The molecule has 1 aliphatic heterocycles. The Labute approximate surface area is 105 Å². The topological polar surface area (TPSA) is 32.3 Å². The predicted octanol–water partition coefficient (Wildman–Crippen LogP) is 3.37. The lowest BCUT2D eigenvalue weighted by Gasteiger charge is -2.20. The molecule has 1 fully saturated rings. The van der Waals surface area contributed by atoms with E-state index in [1.807, 2.05) is 0 Å². The van der Waals surface area contributed by atoms with Crippen LogP contribution in [0.25, 0.3) is 0 Å². The van der Waals surface area contributed by atoms with E-state index < -0.39 is 11.6 Å². The Morgan fingerprint density at radius 3 is 2.44 bits per heavy atom. The van der Waals surface area contributed by atoms with Gasteiger partial charge < -0.3 is 10.2 Å². The zero-order valence-electron chi connectivity index (χ0n) is 10.1. The van der Waals surface area contributed by atoms with Gasteiger partial charge in [-0.1, -0.05) is 18.9 Å². The highest BCUT2D eigenvalue weighted by Crippen LogP contribution is 2.18. The molecule has 0 aromatic heterocycles. The van der Waals surface area contributed by atoms with Crippen LogP contribution in [-0.4, -0.2) is 24.0 Å². The third-order valence-corrected chi connectivity index (χ3v) is 3.09. The van der Waals surface area contributed by atoms with E-state index in [0.29, 0.717) is 13.1 Å². The van der Waals surface area contributed by atoms with Crippen LogP contribution in [0.2, 0.25) is 0 Å². The summed E-state index contributed by atoms with van der Waals surface area (Å²) < 4.78 is 26.4. The minimum absolute atomic E-state index is 0.107. The molecule has 3 nitrogen and oxygen atoms in total. The Hall–Kier alpha value is -1.65. The van der Waals surface area contributed by atoms with E-state index in [4.69, 9.17) is 0 Å². The molecule has 0 bridgehead atoms. The summed E-state index contributed by atoms with van der Waals surface area (Å²) in [7, 11) is 0. The van der Waals surface area contributed by atoms with Gasteiger partial charge in [0.25, 0.3) is 0 Å². The number of halogens is 2. The molecule has 0 saturated carbocycles. The maximum Gasteiger partial charge on any atom is 0.321 e. The maximum atomic E-state index is 13.4. The fourth-order valence-electron chi connectivity index (χ4n) is 2.07. The lowest BCUT2D eigenvalue weighted by atomic mass is 10.2. The highest BCUT2D eigenvalue weighted by atomic mass is 19.2. The third-order valence-electron chi connectivity index (χ3n) is 3.09. The molecule has 1 aromatic rings. The van der Waals surface area contributed by atoms with E-state index in [1.165, 1.54) is 12.1 Å². The molecule has 1 aromatic carbocycles. The van der Waals surface area contributed by atoms with Gasteiger partial charge >= 0.3 is 6.03 Å². The smallest absolute Gasteiger partial charge is 0.321 e. The second-order valence-electron chi connectivity index (χ2n) is 4.43. The summed E-state index contributed by atoms with van der Waals surface area (Å²) >= 11 is 0. The highest BCUT2D eigenvalue weighted by molar-refractivity contribution is 5.89. The van der Waals surface area contributed by atoms with Crippen LogP contribution in [0.4, 0.5) is 19.3 Å². The van der Waals surface area contributed by atoms with Gasteiger partial charge in [0.05, 0.1) is 5.69 Å². The molecular formula is C13H16F2N2O. The molecule has 98 valence electrons. The van der Waals surface area contributed by atoms with Gasteiger partial charge in [-0.05, 0) is 25.0 Å². The van der Waals surface area contributed by atoms with Crippen LogP contribution < -0.4 is 5.32 Å². The molecule has 5 heteroatoms. The van der Waals surface area contributed by atoms with Gasteiger partial charge in [0, 0.05) is 13.1 Å². The van der Waals surface area contributed by atoms with Gasteiger partial charge in [-0.2, -0.15) is 0 Å². The van der Waals surface area contributed by atoms with Crippen LogP contribution in [0.5, 0.6) is 0 Å². The number of likely N-dealkylation sites (tertiary alicyclic amines) is 1. The first-order valence-corrected chi connectivity index (χ1v) is 6.18. The zero-order valence-corrected chi connectivity index (χ0v) is 10.1. The SMILES string of the molecule is O=C(Nc1cccc(F)c1F)N1CCCCCC1. The molecule has 0 atom stereocenters. The monoisotopic (exact) mass is 254 g/mol. The number of carbonyl (C=O) groups is 1. The van der Waals surface area contributed by atoms with Crippen LogP contribution in [0.3, 0.4) is 0 Å². The minimum Gasteiger partial charge on any atom is -0.325 e. The molecular weight excluding hydrogens is 238 g/mol. The van der Waals surface area contributed by atoms with Crippen molar-refractivity contribution in [3.8, 4) is 0 Å². The number of urea groups is 1. The highest BCUT2D eigenvalue weighted by Gasteiger charge is 2.17. The molecule has 1 N–H and O–H groups in total. The minimum atomic E-state index is -1.01. The number of amides is 2. The van der Waals surface area contributed by atoms with E-state index >= 15 is 0 Å². The van der Waals surface area contributed by atoms with Gasteiger partial charge in [0.1, 0.15) is 0 Å². The summed E-state index contributed by atoms with van der Waals surface area (Å²) in [5, 5.41) is 2.42. The number of benzene rings is 1. The van der Waals surface area contributed by atoms with Gasteiger partial charge in [0.2, 0.25) is 0 Å². The van der Waals surface area contributed by atoms with E-state index in [-0.39, 0.29) is 11.7 Å². The van der Waals surface area contributed by atoms with Crippen molar-refractivity contribution in [1.82, 2.24) is 4.90 Å². The third kappa shape index (κ3) is 2.97. The van der Waals surface area contributed by atoms with Gasteiger partial charge in [0.15, 0.2) is 11.6 Å². The number of hydrogen-bond acceptors (Lipinski definition) is 1. The number of carbonyl (C=O) groups excluding carboxylic acids is 1. The first-order valence-electron chi connectivity index (χ1n) is 6.18. The van der Waals surface area contributed by atoms with E-state index in [9.17, 15) is 13.6 Å². The molecule has 1 heterocycles. The average Bonchev–Trinajstić information content (AvgIpc) is 2.63. The second kappa shape index (κ2) is 5.80. The van der Waals surface area contributed by atoms with Crippen LogP contribution >= 0.6 is 0 Å². The fourth-order valence-corrected chi connectivity index (χ4v) is 2.07. The van der Waals surface area contributed by atoms with Gasteiger partial charge in [-0.25, -0.2) is 13.6 Å². The van der Waals surface area contributed by atoms with Crippen molar-refractivity contribution in [1.29, 1.82) is 0 Å². The standard InChI is InChI=1S/C13H16F2N2O/c14-10-6-5-7-11(12(10)15)16-13(18)17-8-3-1-2-4-9-17/h5-7H,1-4,8-9H2,(H,16,18). The number of anilines is 1. The quantitative estimate of drug-likeness (QED) is 0.818. The lowest BCUT2D eigenvalue weighted by Crippen LogP contribution is -2.35. The molecule has 0 radical (unpaired) electrons. The molecule has 1 saturated heterocycles.